The summed E-state index contributed by atoms with van der Waals surface area (Å²) in [6, 6.07) is 63.2. The van der Waals surface area contributed by atoms with Gasteiger partial charge in [0.1, 0.15) is 23.1 Å². The van der Waals surface area contributed by atoms with E-state index in [9.17, 15) is 0 Å². The zero-order valence-corrected chi connectivity index (χ0v) is 32.1. The summed E-state index contributed by atoms with van der Waals surface area (Å²) in [6.07, 6.45) is 1.67. The number of thiophene rings is 2. The minimum Gasteiger partial charge on any atom is -0.451 e. The van der Waals surface area contributed by atoms with Gasteiger partial charge in [-0.15, -0.1) is 22.7 Å². The molecule has 0 aliphatic rings. The second-order valence-corrected chi connectivity index (χ2v) is 16.6. The summed E-state index contributed by atoms with van der Waals surface area (Å²) in [5, 5.41) is 6.15. The number of fused-ring (bicyclic) bond motifs is 9. The number of hydrogen-bond donors (Lipinski definition) is 0. The van der Waals surface area contributed by atoms with Crippen LogP contribution in [-0.2, 0) is 0 Å². The number of aromatic nitrogens is 2. The van der Waals surface area contributed by atoms with Crippen molar-refractivity contribution < 1.29 is 4.42 Å². The molecule has 57 heavy (non-hydrogen) atoms. The molecule has 3 nitrogen and oxygen atoms in total. The molecule has 0 bridgehead atoms. The summed E-state index contributed by atoms with van der Waals surface area (Å²) >= 11 is 3.71. The molecule has 12 rings (SSSR count). The Kier molecular flexibility index (Phi) is 7.27. The van der Waals surface area contributed by atoms with Gasteiger partial charge < -0.3 is 4.42 Å². The predicted molar refractivity (Wildman–Crippen MR) is 242 cm³/mol. The maximum Gasteiger partial charge on any atom is 0.180 e. The van der Waals surface area contributed by atoms with Crippen LogP contribution in [0.15, 0.2) is 187 Å². The van der Waals surface area contributed by atoms with E-state index in [-0.39, 0.29) is 0 Å². The third kappa shape index (κ3) is 5.17. The van der Waals surface area contributed by atoms with E-state index in [1.54, 1.807) is 6.33 Å². The molecule has 0 saturated carbocycles. The standard InChI is InChI=1S/C52H30N2OS2/c1-2-12-31(13-3-1)43-28-36(32-14-8-15-33(26-32)37-20-10-22-41-39-18-4-6-24-45(39)56-51(37)41)29-44-48-50(55-49(43)44)47(53-30-54-48)35-17-9-16-34(27-35)38-21-11-23-42-40-19-5-7-25-46(40)57-52(38)42/h1-30H. The minimum absolute atomic E-state index is 0.684. The van der Waals surface area contributed by atoms with E-state index in [2.05, 4.69) is 176 Å². The fraction of sp³-hybridized carbons (Fsp3) is 0. The average molecular weight is 763 g/mol. The third-order valence-electron chi connectivity index (χ3n) is 11.2. The fourth-order valence-electron chi connectivity index (χ4n) is 8.53. The third-order valence-corrected chi connectivity index (χ3v) is 13.6. The lowest BCUT2D eigenvalue weighted by Crippen LogP contribution is -1.88. The molecule has 0 aliphatic carbocycles. The van der Waals surface area contributed by atoms with E-state index in [1.165, 1.54) is 57.0 Å². The lowest BCUT2D eigenvalue weighted by Gasteiger charge is -2.10. The second-order valence-electron chi connectivity index (χ2n) is 14.5. The topological polar surface area (TPSA) is 38.9 Å². The van der Waals surface area contributed by atoms with Gasteiger partial charge in [-0.2, -0.15) is 0 Å². The maximum atomic E-state index is 6.92. The molecular weight excluding hydrogens is 733 g/mol. The first kappa shape index (κ1) is 32.3. The largest absolute Gasteiger partial charge is 0.451 e. The van der Waals surface area contributed by atoms with Crippen LogP contribution in [0.1, 0.15) is 0 Å². The fourth-order valence-corrected chi connectivity index (χ4v) is 11.0. The van der Waals surface area contributed by atoms with E-state index >= 15 is 0 Å². The molecule has 0 radical (unpaired) electrons. The Morgan fingerprint density at radius 3 is 1.58 bits per heavy atom. The van der Waals surface area contributed by atoms with Crippen molar-refractivity contribution >= 4 is 85.1 Å². The molecule has 0 unspecified atom stereocenters. The van der Waals surface area contributed by atoms with Crippen LogP contribution >= 0.6 is 22.7 Å². The normalized spacial score (nSPS) is 11.9. The Hall–Kier alpha value is -6.92. The maximum absolute atomic E-state index is 6.92. The number of nitrogens with zero attached hydrogens (tertiary/aromatic N) is 2. The van der Waals surface area contributed by atoms with Gasteiger partial charge in [-0.3, -0.25) is 0 Å². The summed E-state index contributed by atoms with van der Waals surface area (Å²) in [5.41, 5.74) is 13.2. The molecule has 0 fully saturated rings. The summed E-state index contributed by atoms with van der Waals surface area (Å²) in [5.74, 6) is 0. The van der Waals surface area contributed by atoms with Crippen LogP contribution in [0.4, 0.5) is 0 Å². The molecule has 0 atom stereocenters. The molecule has 0 saturated heterocycles. The molecule has 0 spiro atoms. The van der Waals surface area contributed by atoms with Crippen molar-refractivity contribution in [2.24, 2.45) is 0 Å². The van der Waals surface area contributed by atoms with Crippen LogP contribution in [0.25, 0.3) is 118 Å². The summed E-state index contributed by atoms with van der Waals surface area (Å²) in [6.45, 7) is 0. The Morgan fingerprint density at radius 2 is 0.895 bits per heavy atom. The number of benzene rings is 8. The van der Waals surface area contributed by atoms with Gasteiger partial charge in [-0.25, -0.2) is 9.97 Å². The molecule has 12 aromatic rings. The molecular formula is C52H30N2OS2. The van der Waals surface area contributed by atoms with Crippen LogP contribution < -0.4 is 0 Å². The lowest BCUT2D eigenvalue weighted by atomic mass is 9.94. The van der Waals surface area contributed by atoms with Gasteiger partial charge in [-0.1, -0.05) is 140 Å². The van der Waals surface area contributed by atoms with Crippen molar-refractivity contribution in [2.45, 2.75) is 0 Å². The lowest BCUT2D eigenvalue weighted by molar-refractivity contribution is 0.668. The molecule has 0 N–H and O–H groups in total. The Bertz CT molecular complexity index is 3540. The molecule has 0 amide bonds. The van der Waals surface area contributed by atoms with Gasteiger partial charge in [0.05, 0.1) is 0 Å². The van der Waals surface area contributed by atoms with Gasteiger partial charge in [0, 0.05) is 56.9 Å². The van der Waals surface area contributed by atoms with Crippen molar-refractivity contribution in [3.8, 4) is 55.8 Å². The molecule has 4 aromatic heterocycles. The second kappa shape index (κ2) is 12.8. The van der Waals surface area contributed by atoms with Crippen molar-refractivity contribution in [3.05, 3.63) is 182 Å². The van der Waals surface area contributed by atoms with Crippen molar-refractivity contribution in [1.29, 1.82) is 0 Å². The van der Waals surface area contributed by atoms with Gasteiger partial charge >= 0.3 is 0 Å². The highest BCUT2D eigenvalue weighted by molar-refractivity contribution is 7.26. The molecule has 266 valence electrons. The van der Waals surface area contributed by atoms with E-state index < -0.39 is 0 Å². The molecule has 4 heterocycles. The van der Waals surface area contributed by atoms with E-state index in [1.807, 2.05) is 22.7 Å². The predicted octanol–water partition coefficient (Wildman–Crippen LogP) is 15.4. The average Bonchev–Trinajstić information content (AvgIpc) is 3.98. The number of hydrogen-bond acceptors (Lipinski definition) is 5. The zero-order valence-electron chi connectivity index (χ0n) is 30.4. The van der Waals surface area contributed by atoms with Crippen LogP contribution in [0, 0.1) is 0 Å². The summed E-state index contributed by atoms with van der Waals surface area (Å²) in [7, 11) is 0. The SMILES string of the molecule is c1ccc(-c2cc(-c3cccc(-c4cccc5c4sc4ccccc45)c3)cc3c2oc2c(-c4cccc(-c5cccc6c5sc5ccccc56)c4)ncnc23)cc1. The minimum atomic E-state index is 0.684. The first-order valence-corrected chi connectivity index (χ1v) is 20.7. The van der Waals surface area contributed by atoms with Gasteiger partial charge in [-0.05, 0) is 75.3 Å². The van der Waals surface area contributed by atoms with Gasteiger partial charge in [0.25, 0.3) is 0 Å². The summed E-state index contributed by atoms with van der Waals surface area (Å²) < 4.78 is 12.1. The first-order valence-electron chi connectivity index (χ1n) is 19.0. The van der Waals surface area contributed by atoms with Crippen molar-refractivity contribution in [3.63, 3.8) is 0 Å². The molecule has 0 aliphatic heterocycles. The van der Waals surface area contributed by atoms with Gasteiger partial charge in [0.2, 0.25) is 0 Å². The molecule has 5 heteroatoms. The van der Waals surface area contributed by atoms with Crippen LogP contribution in [0.3, 0.4) is 0 Å². The van der Waals surface area contributed by atoms with E-state index in [0.717, 1.165) is 55.6 Å². The Morgan fingerprint density at radius 1 is 0.351 bits per heavy atom. The number of rotatable bonds is 5. The highest BCUT2D eigenvalue weighted by Gasteiger charge is 2.21. The van der Waals surface area contributed by atoms with E-state index in [0.29, 0.717) is 5.58 Å². The monoisotopic (exact) mass is 762 g/mol. The highest BCUT2D eigenvalue weighted by atomic mass is 32.1. The Labute approximate surface area is 335 Å². The van der Waals surface area contributed by atoms with Crippen LogP contribution in [0.5, 0.6) is 0 Å². The van der Waals surface area contributed by atoms with Crippen molar-refractivity contribution in [1.82, 2.24) is 9.97 Å². The van der Waals surface area contributed by atoms with Crippen LogP contribution in [-0.4, -0.2) is 9.97 Å². The highest BCUT2D eigenvalue weighted by Crippen LogP contribution is 2.45. The van der Waals surface area contributed by atoms with Gasteiger partial charge in [0.15, 0.2) is 5.58 Å². The smallest absolute Gasteiger partial charge is 0.180 e. The Balaban J connectivity index is 1.03. The van der Waals surface area contributed by atoms with Crippen LogP contribution in [0.2, 0.25) is 0 Å². The zero-order chi connectivity index (χ0) is 37.5. The quantitative estimate of drug-likeness (QED) is 0.175. The number of furan rings is 1. The molecule has 8 aromatic carbocycles. The van der Waals surface area contributed by atoms with Crippen molar-refractivity contribution in [2.75, 3.05) is 0 Å². The first-order chi connectivity index (χ1) is 28.2. The summed E-state index contributed by atoms with van der Waals surface area (Å²) in [4.78, 5) is 9.76. The van der Waals surface area contributed by atoms with E-state index in [4.69, 9.17) is 14.4 Å².